The minimum absolute atomic E-state index is 0.0328. The summed E-state index contributed by atoms with van der Waals surface area (Å²) in [6.45, 7) is -2.67. The first-order valence-corrected chi connectivity index (χ1v) is 11.9. The molecule has 0 saturated carbocycles. The van der Waals surface area contributed by atoms with Gasteiger partial charge in [-0.1, -0.05) is 40.9 Å². The van der Waals surface area contributed by atoms with Crippen LogP contribution >= 0.6 is 34.8 Å². The fourth-order valence-electron chi connectivity index (χ4n) is 3.60. The molecule has 1 N–H and O–H groups in total. The van der Waals surface area contributed by atoms with Gasteiger partial charge in [0.25, 0.3) is 11.8 Å². The lowest BCUT2D eigenvalue weighted by molar-refractivity contribution is -0.214. The highest BCUT2D eigenvalue weighted by Crippen LogP contribution is 2.43. The Balaban J connectivity index is 1.95. The number of allylic oxidation sites excluding steroid dienone is 1. The summed E-state index contributed by atoms with van der Waals surface area (Å²) in [6.07, 6.45) is -15.4. The minimum Gasteiger partial charge on any atom is -0.338 e. The lowest BCUT2D eigenvalue weighted by atomic mass is 9.95. The summed E-state index contributed by atoms with van der Waals surface area (Å²) in [5, 5.41) is 0.574. The molecule has 3 rings (SSSR count). The molecule has 1 heterocycles. The van der Waals surface area contributed by atoms with Crippen molar-refractivity contribution >= 4 is 52.4 Å². The number of hydroxylamine groups is 2. The standard InChI is InChI=1S/C23H13Cl3F10N2O3/c24-14-4-10(5-15(25)18(14)26)12(22(31,32)33)6-16(27)9-1-2-11(13(3-9)23(34,35)36)19(39)37-17-7-41-38(20(17)40)8-21(28,29)30/h1-6,12,17H,7-8H2,(H,37,39)/b16-6-. The molecule has 1 aliphatic rings. The molecule has 2 aromatic carbocycles. The van der Waals surface area contributed by atoms with Crippen LogP contribution in [-0.2, 0) is 15.8 Å². The largest absolute Gasteiger partial charge is 0.417 e. The van der Waals surface area contributed by atoms with Crippen LogP contribution in [0.1, 0.15) is 33.0 Å². The van der Waals surface area contributed by atoms with Crippen LogP contribution in [0, 0.1) is 0 Å². The summed E-state index contributed by atoms with van der Waals surface area (Å²) >= 11 is 17.2. The Morgan fingerprint density at radius 2 is 1.61 bits per heavy atom. The van der Waals surface area contributed by atoms with E-state index in [0.29, 0.717) is 12.1 Å². The molecule has 5 nitrogen and oxygen atoms in total. The zero-order valence-corrected chi connectivity index (χ0v) is 21.9. The predicted molar refractivity (Wildman–Crippen MR) is 126 cm³/mol. The Morgan fingerprint density at radius 3 is 2.12 bits per heavy atom. The second-order valence-corrected chi connectivity index (χ2v) is 9.59. The van der Waals surface area contributed by atoms with Crippen LogP contribution in [0.5, 0.6) is 0 Å². The molecule has 2 atom stereocenters. The van der Waals surface area contributed by atoms with E-state index in [2.05, 4.69) is 4.84 Å². The van der Waals surface area contributed by atoms with Gasteiger partial charge in [0.15, 0.2) is 0 Å². The van der Waals surface area contributed by atoms with E-state index in [1.165, 1.54) is 0 Å². The van der Waals surface area contributed by atoms with Crippen LogP contribution < -0.4 is 5.32 Å². The first-order chi connectivity index (χ1) is 18.7. The Labute approximate surface area is 238 Å². The van der Waals surface area contributed by atoms with Gasteiger partial charge in [-0.05, 0) is 35.9 Å². The smallest absolute Gasteiger partial charge is 0.338 e. The summed E-state index contributed by atoms with van der Waals surface area (Å²) in [5.74, 6) is -7.49. The third kappa shape index (κ3) is 7.96. The van der Waals surface area contributed by atoms with Gasteiger partial charge in [-0.25, -0.2) is 9.45 Å². The Kier molecular flexibility index (Phi) is 9.47. The van der Waals surface area contributed by atoms with E-state index in [1.54, 1.807) is 5.32 Å². The summed E-state index contributed by atoms with van der Waals surface area (Å²) < 4.78 is 135. The van der Waals surface area contributed by atoms with Crippen molar-refractivity contribution in [2.45, 2.75) is 30.5 Å². The molecule has 0 aliphatic carbocycles. The van der Waals surface area contributed by atoms with Gasteiger partial charge in [0.2, 0.25) is 0 Å². The minimum atomic E-state index is -5.36. The molecule has 2 aromatic rings. The van der Waals surface area contributed by atoms with E-state index in [1.807, 2.05) is 0 Å². The van der Waals surface area contributed by atoms with E-state index in [4.69, 9.17) is 34.8 Å². The van der Waals surface area contributed by atoms with Crippen molar-refractivity contribution in [2.24, 2.45) is 0 Å². The number of amides is 2. The van der Waals surface area contributed by atoms with Gasteiger partial charge < -0.3 is 5.32 Å². The number of hydrogen-bond acceptors (Lipinski definition) is 3. The van der Waals surface area contributed by atoms with Gasteiger partial charge in [0, 0.05) is 5.56 Å². The fourth-order valence-corrected chi connectivity index (χ4v) is 4.21. The van der Waals surface area contributed by atoms with E-state index < -0.39 is 93.6 Å². The summed E-state index contributed by atoms with van der Waals surface area (Å²) in [7, 11) is 0. The van der Waals surface area contributed by atoms with Crippen molar-refractivity contribution in [1.82, 2.24) is 10.4 Å². The molecule has 1 saturated heterocycles. The fraction of sp³-hybridized carbons (Fsp3) is 0.304. The van der Waals surface area contributed by atoms with Gasteiger partial charge >= 0.3 is 18.5 Å². The molecule has 1 aliphatic heterocycles. The van der Waals surface area contributed by atoms with Gasteiger partial charge in [-0.15, -0.1) is 0 Å². The highest BCUT2D eigenvalue weighted by Gasteiger charge is 2.43. The van der Waals surface area contributed by atoms with Gasteiger partial charge in [0.05, 0.1) is 26.2 Å². The lowest BCUT2D eigenvalue weighted by Gasteiger charge is -2.19. The highest BCUT2D eigenvalue weighted by atomic mass is 35.5. The average Bonchev–Trinajstić information content (AvgIpc) is 3.16. The van der Waals surface area contributed by atoms with Crippen molar-refractivity contribution in [2.75, 3.05) is 13.2 Å². The summed E-state index contributed by atoms with van der Waals surface area (Å²) in [4.78, 5) is 29.1. The van der Waals surface area contributed by atoms with Gasteiger partial charge in [-0.2, -0.15) is 39.5 Å². The SMILES string of the molecule is O=C(NC1CON(CC(F)(F)F)C1=O)c1ccc(/C(F)=C/C(c2cc(Cl)c(Cl)c(Cl)c2)C(F)(F)F)cc1C(F)(F)F. The molecule has 0 spiro atoms. The number of rotatable bonds is 6. The van der Waals surface area contributed by atoms with E-state index in [0.717, 1.165) is 12.1 Å². The Bertz CT molecular complexity index is 1350. The second-order valence-electron chi connectivity index (χ2n) is 8.40. The number of hydrogen-bond donors (Lipinski definition) is 1. The van der Waals surface area contributed by atoms with Crippen LogP contribution in [-0.4, -0.2) is 48.4 Å². The summed E-state index contributed by atoms with van der Waals surface area (Å²) in [5.41, 5.74) is -4.69. The number of alkyl halides is 9. The van der Waals surface area contributed by atoms with Crippen LogP contribution in [0.3, 0.4) is 0 Å². The molecule has 224 valence electrons. The van der Waals surface area contributed by atoms with Crippen molar-refractivity contribution < 1.29 is 58.3 Å². The number of halogens is 13. The van der Waals surface area contributed by atoms with Crippen LogP contribution in [0.25, 0.3) is 5.83 Å². The molecule has 0 radical (unpaired) electrons. The third-order valence-electron chi connectivity index (χ3n) is 5.45. The van der Waals surface area contributed by atoms with Crippen molar-refractivity contribution in [3.8, 4) is 0 Å². The summed E-state index contributed by atoms with van der Waals surface area (Å²) in [6, 6.07) is 0.750. The molecular formula is C23H13Cl3F10N2O3. The zero-order chi connectivity index (χ0) is 31.1. The molecule has 0 bridgehead atoms. The van der Waals surface area contributed by atoms with Crippen molar-refractivity contribution in [3.63, 3.8) is 0 Å². The first-order valence-electron chi connectivity index (χ1n) is 10.8. The number of benzene rings is 2. The van der Waals surface area contributed by atoms with E-state index >= 15 is 0 Å². The molecule has 2 unspecified atom stereocenters. The number of nitrogens with zero attached hydrogens (tertiary/aromatic N) is 1. The van der Waals surface area contributed by atoms with Gasteiger partial charge in [-0.3, -0.25) is 14.4 Å². The first kappa shape index (κ1) is 32.8. The predicted octanol–water partition coefficient (Wildman–Crippen LogP) is 7.76. The van der Waals surface area contributed by atoms with E-state index in [-0.39, 0.29) is 22.2 Å². The molecule has 1 fully saturated rings. The monoisotopic (exact) mass is 660 g/mol. The van der Waals surface area contributed by atoms with Crippen molar-refractivity contribution in [1.29, 1.82) is 0 Å². The third-order valence-corrected chi connectivity index (χ3v) is 6.64. The van der Waals surface area contributed by atoms with Crippen molar-refractivity contribution in [3.05, 3.63) is 73.7 Å². The number of carbonyl (C=O) groups excluding carboxylic acids is 2. The quantitative estimate of drug-likeness (QED) is 0.255. The zero-order valence-electron chi connectivity index (χ0n) is 19.6. The topological polar surface area (TPSA) is 58.6 Å². The Hall–Kier alpha value is -2.75. The van der Waals surface area contributed by atoms with Crippen LogP contribution in [0.2, 0.25) is 15.1 Å². The van der Waals surface area contributed by atoms with Gasteiger partial charge in [0.1, 0.15) is 30.9 Å². The number of nitrogens with one attached hydrogen (secondary N) is 1. The lowest BCUT2D eigenvalue weighted by Crippen LogP contribution is -2.44. The molecule has 41 heavy (non-hydrogen) atoms. The maximum atomic E-state index is 15.0. The molecular weight excluding hydrogens is 649 g/mol. The highest BCUT2D eigenvalue weighted by molar-refractivity contribution is 6.48. The maximum Gasteiger partial charge on any atom is 0.417 e. The van der Waals surface area contributed by atoms with Crippen LogP contribution in [0.4, 0.5) is 43.9 Å². The maximum absolute atomic E-state index is 15.0. The Morgan fingerprint density at radius 1 is 1.02 bits per heavy atom. The van der Waals surface area contributed by atoms with E-state index in [9.17, 15) is 53.5 Å². The average molecular weight is 662 g/mol. The second kappa shape index (κ2) is 11.9. The van der Waals surface area contributed by atoms with Crippen LogP contribution in [0.15, 0.2) is 36.4 Å². The molecule has 18 heteroatoms. The number of carbonyl (C=O) groups is 2. The molecule has 0 aromatic heterocycles. The molecule has 2 amide bonds. The normalized spacial score (nSPS) is 17.7.